The van der Waals surface area contributed by atoms with Crippen molar-refractivity contribution in [2.24, 2.45) is 0 Å². The highest BCUT2D eigenvalue weighted by Crippen LogP contribution is 2.42. The van der Waals surface area contributed by atoms with Crippen molar-refractivity contribution in [1.82, 2.24) is 25.1 Å². The molecule has 2 heterocycles. The summed E-state index contributed by atoms with van der Waals surface area (Å²) in [4.78, 5) is 46.6. The molecule has 1 fully saturated rings. The molecule has 0 spiro atoms. The number of aromatic nitrogens is 4. The number of amides is 1. The number of hydrogen-bond acceptors (Lipinski definition) is 8. The predicted octanol–water partition coefficient (Wildman–Crippen LogP) is 2.53. The lowest BCUT2D eigenvalue weighted by Crippen LogP contribution is -2.43. The van der Waals surface area contributed by atoms with E-state index in [-0.39, 0.29) is 12.3 Å². The molecule has 0 saturated heterocycles. The Morgan fingerprint density at radius 3 is 2.61 bits per heavy atom. The average molecular weight is 490 g/mol. The summed E-state index contributed by atoms with van der Waals surface area (Å²) in [7, 11) is 2.41. The van der Waals surface area contributed by atoms with Crippen molar-refractivity contribution in [2.75, 3.05) is 14.2 Å². The Bertz CT molecular complexity index is 1330. The van der Waals surface area contributed by atoms with Gasteiger partial charge in [-0.05, 0) is 43.2 Å². The first-order chi connectivity index (χ1) is 17.5. The standard InChI is InChI=1S/C26H27N5O5/c1-35-21(32)12-20(25(34)36-2)29-24(33)19-14-28-31(23(19)16-10-11-16)26-27-13-17-8-5-7-15-6-3-4-9-18(15)22(17)30-26/h3-4,6,9,13-14,16,20H,5,7-8,10-12H2,1-2H3,(H,29,33). The lowest BCUT2D eigenvalue weighted by molar-refractivity contribution is -0.149. The van der Waals surface area contributed by atoms with Crippen LogP contribution in [0.4, 0.5) is 0 Å². The molecule has 2 aliphatic carbocycles. The van der Waals surface area contributed by atoms with Gasteiger partial charge in [0.1, 0.15) is 6.04 Å². The second-order valence-corrected chi connectivity index (χ2v) is 9.01. The summed E-state index contributed by atoms with van der Waals surface area (Å²) in [5.41, 5.74) is 5.33. The minimum absolute atomic E-state index is 0.125. The molecule has 1 N–H and O–H groups in total. The van der Waals surface area contributed by atoms with Crippen molar-refractivity contribution in [3.63, 3.8) is 0 Å². The van der Waals surface area contributed by atoms with E-state index in [0.29, 0.717) is 17.2 Å². The van der Waals surface area contributed by atoms with E-state index in [1.54, 1.807) is 4.68 Å². The summed E-state index contributed by atoms with van der Waals surface area (Å²) >= 11 is 0. The van der Waals surface area contributed by atoms with Gasteiger partial charge in [-0.15, -0.1) is 0 Å². The van der Waals surface area contributed by atoms with Crippen LogP contribution in [0.3, 0.4) is 0 Å². The highest BCUT2D eigenvalue weighted by atomic mass is 16.5. The molecule has 3 aromatic rings. The number of benzene rings is 1. The fraction of sp³-hybridized carbons (Fsp3) is 0.385. The third kappa shape index (κ3) is 4.58. The predicted molar refractivity (Wildman–Crippen MR) is 128 cm³/mol. The van der Waals surface area contributed by atoms with E-state index in [4.69, 9.17) is 9.72 Å². The van der Waals surface area contributed by atoms with Crippen LogP contribution in [0, 0.1) is 0 Å². The first kappa shape index (κ1) is 23.7. The van der Waals surface area contributed by atoms with Gasteiger partial charge in [-0.2, -0.15) is 5.10 Å². The maximum Gasteiger partial charge on any atom is 0.328 e. The Kier molecular flexibility index (Phi) is 6.49. The number of carbonyl (C=O) groups is 3. The highest BCUT2D eigenvalue weighted by molar-refractivity contribution is 5.98. The van der Waals surface area contributed by atoms with E-state index in [9.17, 15) is 14.4 Å². The van der Waals surface area contributed by atoms with E-state index in [1.165, 1.54) is 26.0 Å². The number of nitrogens with zero attached hydrogens (tertiary/aromatic N) is 4. The monoisotopic (exact) mass is 489 g/mol. The van der Waals surface area contributed by atoms with Gasteiger partial charge in [0.25, 0.3) is 11.9 Å². The summed E-state index contributed by atoms with van der Waals surface area (Å²) in [6.45, 7) is 0. The van der Waals surface area contributed by atoms with Crippen molar-refractivity contribution in [2.45, 2.75) is 50.5 Å². The van der Waals surface area contributed by atoms with Crippen LogP contribution >= 0.6 is 0 Å². The number of methoxy groups -OCH3 is 2. The fourth-order valence-corrected chi connectivity index (χ4v) is 4.62. The second kappa shape index (κ2) is 9.88. The molecule has 10 nitrogen and oxygen atoms in total. The largest absolute Gasteiger partial charge is 0.469 e. The summed E-state index contributed by atoms with van der Waals surface area (Å²) in [5.74, 6) is -1.38. The van der Waals surface area contributed by atoms with Crippen LogP contribution in [0.15, 0.2) is 36.7 Å². The molecule has 36 heavy (non-hydrogen) atoms. The zero-order valence-electron chi connectivity index (χ0n) is 20.2. The number of hydrogen-bond donors (Lipinski definition) is 1. The Morgan fingerprint density at radius 1 is 1.08 bits per heavy atom. The minimum atomic E-state index is -1.18. The van der Waals surface area contributed by atoms with Crippen LogP contribution in [0.1, 0.15) is 58.8 Å². The summed E-state index contributed by atoms with van der Waals surface area (Å²) < 4.78 is 11.0. The molecule has 0 aliphatic heterocycles. The van der Waals surface area contributed by atoms with Crippen LogP contribution in [-0.4, -0.2) is 57.9 Å². The third-order valence-corrected chi connectivity index (χ3v) is 6.61. The van der Waals surface area contributed by atoms with Crippen LogP contribution in [-0.2, 0) is 31.9 Å². The van der Waals surface area contributed by atoms with Crippen LogP contribution in [0.5, 0.6) is 0 Å². The number of aryl methyl sites for hydroxylation is 2. The van der Waals surface area contributed by atoms with Crippen molar-refractivity contribution in [3.05, 3.63) is 59.0 Å². The van der Waals surface area contributed by atoms with Gasteiger partial charge < -0.3 is 14.8 Å². The normalized spacial score (nSPS) is 15.2. The number of esters is 2. The molecule has 2 aromatic heterocycles. The molecule has 5 rings (SSSR count). The van der Waals surface area contributed by atoms with E-state index in [0.717, 1.165) is 48.9 Å². The number of carbonyl (C=O) groups excluding carboxylic acids is 3. The van der Waals surface area contributed by atoms with Gasteiger partial charge in [0, 0.05) is 17.7 Å². The third-order valence-electron chi connectivity index (χ3n) is 6.61. The van der Waals surface area contributed by atoms with Crippen LogP contribution in [0.25, 0.3) is 17.2 Å². The van der Waals surface area contributed by atoms with Crippen LogP contribution in [0.2, 0.25) is 0 Å². The van der Waals surface area contributed by atoms with Crippen molar-refractivity contribution in [3.8, 4) is 17.2 Å². The molecule has 1 saturated carbocycles. The molecule has 0 bridgehead atoms. The maximum absolute atomic E-state index is 13.2. The number of fused-ring (bicyclic) bond motifs is 3. The van der Waals surface area contributed by atoms with E-state index >= 15 is 0 Å². The Balaban J connectivity index is 1.50. The first-order valence-electron chi connectivity index (χ1n) is 12.0. The van der Waals surface area contributed by atoms with Gasteiger partial charge in [-0.1, -0.05) is 24.3 Å². The molecule has 1 atom stereocenters. The molecule has 10 heteroatoms. The minimum Gasteiger partial charge on any atom is -0.469 e. The zero-order chi connectivity index (χ0) is 25.2. The Hall–Kier alpha value is -4.08. The molecule has 0 radical (unpaired) electrons. The van der Waals surface area contributed by atoms with Gasteiger partial charge in [0.2, 0.25) is 0 Å². The highest BCUT2D eigenvalue weighted by Gasteiger charge is 2.35. The molecule has 1 aromatic carbocycles. The lowest BCUT2D eigenvalue weighted by atomic mass is 10.0. The smallest absolute Gasteiger partial charge is 0.328 e. The van der Waals surface area contributed by atoms with Gasteiger partial charge in [-0.3, -0.25) is 9.59 Å². The Labute approximate surface area is 208 Å². The number of rotatable bonds is 7. The first-order valence-corrected chi connectivity index (χ1v) is 12.0. The quantitative estimate of drug-likeness (QED) is 0.502. The fourth-order valence-electron chi connectivity index (χ4n) is 4.62. The van der Waals surface area contributed by atoms with Gasteiger partial charge in [-0.25, -0.2) is 19.4 Å². The average Bonchev–Trinajstić information content (AvgIpc) is 3.68. The van der Waals surface area contributed by atoms with Crippen LogP contribution < -0.4 is 5.32 Å². The lowest BCUT2D eigenvalue weighted by Gasteiger charge is -2.16. The molecule has 2 aliphatic rings. The molecular weight excluding hydrogens is 462 g/mol. The summed E-state index contributed by atoms with van der Waals surface area (Å²) in [6.07, 6.45) is 7.68. The molecular formula is C26H27N5O5. The van der Waals surface area contributed by atoms with Crippen molar-refractivity contribution >= 4 is 17.8 Å². The number of ether oxygens (including phenoxy) is 2. The van der Waals surface area contributed by atoms with E-state index in [1.807, 2.05) is 18.3 Å². The summed E-state index contributed by atoms with van der Waals surface area (Å²) in [6, 6.07) is 7.08. The van der Waals surface area contributed by atoms with Crippen molar-refractivity contribution < 1.29 is 23.9 Å². The van der Waals surface area contributed by atoms with Crippen molar-refractivity contribution in [1.29, 1.82) is 0 Å². The maximum atomic E-state index is 13.2. The van der Waals surface area contributed by atoms with Gasteiger partial charge in [0.05, 0.1) is 43.8 Å². The molecule has 186 valence electrons. The molecule has 1 amide bonds. The van der Waals surface area contributed by atoms with Gasteiger partial charge in [0.15, 0.2) is 0 Å². The summed E-state index contributed by atoms with van der Waals surface area (Å²) in [5, 5.41) is 7.07. The SMILES string of the molecule is COC(=O)CC(NC(=O)c1cnn(-c2ncc3c(n2)-c2ccccc2CCC3)c1C1CC1)C(=O)OC. The Morgan fingerprint density at radius 2 is 1.86 bits per heavy atom. The zero-order valence-corrected chi connectivity index (χ0v) is 20.2. The topological polar surface area (TPSA) is 125 Å². The number of nitrogens with one attached hydrogen (secondary N) is 1. The second-order valence-electron chi connectivity index (χ2n) is 9.01. The van der Waals surface area contributed by atoms with E-state index in [2.05, 4.69) is 32.3 Å². The molecule has 1 unspecified atom stereocenters. The van der Waals surface area contributed by atoms with Gasteiger partial charge >= 0.3 is 11.9 Å². The van der Waals surface area contributed by atoms with E-state index < -0.39 is 23.9 Å².